The zero-order chi connectivity index (χ0) is 16.1. The second-order valence-corrected chi connectivity index (χ2v) is 5.23. The van der Waals surface area contributed by atoms with Crippen LogP contribution in [0, 0.1) is 12.7 Å². The maximum atomic E-state index is 13.0. The minimum atomic E-state index is -0.780. The fourth-order valence-corrected chi connectivity index (χ4v) is 2.14. The molecule has 118 valence electrons. The number of aliphatic hydroxyl groups is 1. The van der Waals surface area contributed by atoms with E-state index in [-0.39, 0.29) is 11.9 Å². The van der Waals surface area contributed by atoms with Crippen molar-refractivity contribution in [2.75, 3.05) is 5.32 Å². The van der Waals surface area contributed by atoms with Gasteiger partial charge in [-0.3, -0.25) is 0 Å². The van der Waals surface area contributed by atoms with E-state index < -0.39 is 12.1 Å². The third-order valence-corrected chi connectivity index (χ3v) is 3.26. The molecule has 1 heterocycles. The van der Waals surface area contributed by atoms with Gasteiger partial charge in [0.1, 0.15) is 17.7 Å². The largest absolute Gasteiger partial charge is 0.467 e. The fourth-order valence-electron chi connectivity index (χ4n) is 2.14. The van der Waals surface area contributed by atoms with Crippen molar-refractivity contribution in [3.05, 3.63) is 53.7 Å². The van der Waals surface area contributed by atoms with Crippen molar-refractivity contribution < 1.29 is 18.7 Å². The third-order valence-electron chi connectivity index (χ3n) is 3.26. The molecule has 0 aliphatic carbocycles. The number of amides is 2. The Balaban J connectivity index is 1.86. The summed E-state index contributed by atoms with van der Waals surface area (Å²) in [6, 6.07) is 6.84. The van der Waals surface area contributed by atoms with Crippen LogP contribution in [0.5, 0.6) is 0 Å². The van der Waals surface area contributed by atoms with Crippen LogP contribution in [0.3, 0.4) is 0 Å². The number of carbonyl (C=O) groups is 1. The highest BCUT2D eigenvalue weighted by Gasteiger charge is 2.16. The minimum Gasteiger partial charge on any atom is -0.467 e. The van der Waals surface area contributed by atoms with Gasteiger partial charge >= 0.3 is 6.03 Å². The molecule has 5 nitrogen and oxygen atoms in total. The van der Waals surface area contributed by atoms with E-state index in [0.29, 0.717) is 23.4 Å². The first-order valence-corrected chi connectivity index (χ1v) is 7.01. The van der Waals surface area contributed by atoms with Crippen molar-refractivity contribution in [1.29, 1.82) is 0 Å². The molecular formula is C16H19FN2O3. The maximum Gasteiger partial charge on any atom is 0.319 e. The van der Waals surface area contributed by atoms with Gasteiger partial charge in [0.15, 0.2) is 0 Å². The van der Waals surface area contributed by atoms with Gasteiger partial charge < -0.3 is 20.2 Å². The number of halogens is 1. The summed E-state index contributed by atoms with van der Waals surface area (Å²) in [7, 11) is 0. The lowest BCUT2D eigenvalue weighted by Crippen LogP contribution is -2.37. The van der Waals surface area contributed by atoms with Crippen LogP contribution in [0.2, 0.25) is 0 Å². The molecule has 3 N–H and O–H groups in total. The second-order valence-electron chi connectivity index (χ2n) is 5.23. The normalized spacial score (nSPS) is 13.5. The molecule has 6 heteroatoms. The van der Waals surface area contributed by atoms with Gasteiger partial charge in [0.2, 0.25) is 0 Å². The first-order valence-electron chi connectivity index (χ1n) is 7.01. The van der Waals surface area contributed by atoms with E-state index >= 15 is 0 Å². The Morgan fingerprint density at radius 1 is 1.41 bits per heavy atom. The molecule has 0 saturated carbocycles. The molecule has 2 amide bonds. The van der Waals surface area contributed by atoms with Crippen molar-refractivity contribution in [2.45, 2.75) is 32.4 Å². The molecule has 0 radical (unpaired) electrons. The minimum absolute atomic E-state index is 0.263. The van der Waals surface area contributed by atoms with Crippen LogP contribution in [-0.2, 0) is 0 Å². The van der Waals surface area contributed by atoms with Gasteiger partial charge in [0, 0.05) is 18.2 Å². The van der Waals surface area contributed by atoms with Crippen molar-refractivity contribution >= 4 is 11.7 Å². The molecule has 1 aromatic carbocycles. The average Bonchev–Trinajstić information content (AvgIpc) is 2.95. The summed E-state index contributed by atoms with van der Waals surface area (Å²) in [5.41, 5.74) is 1.18. The van der Waals surface area contributed by atoms with Gasteiger partial charge in [-0.25, -0.2) is 9.18 Å². The first kappa shape index (κ1) is 16.0. The summed E-state index contributed by atoms with van der Waals surface area (Å²) in [6.07, 6.45) is 1.03. The average molecular weight is 306 g/mol. The van der Waals surface area contributed by atoms with E-state index in [2.05, 4.69) is 10.6 Å². The van der Waals surface area contributed by atoms with Crippen LogP contribution in [0.15, 0.2) is 41.0 Å². The zero-order valence-electron chi connectivity index (χ0n) is 12.5. The number of urea groups is 1. The summed E-state index contributed by atoms with van der Waals surface area (Å²) in [4.78, 5) is 11.9. The smallest absolute Gasteiger partial charge is 0.319 e. The maximum absolute atomic E-state index is 13.0. The van der Waals surface area contributed by atoms with E-state index in [4.69, 9.17) is 4.42 Å². The molecule has 0 bridgehead atoms. The summed E-state index contributed by atoms with van der Waals surface area (Å²) < 4.78 is 18.1. The predicted octanol–water partition coefficient (Wildman–Crippen LogP) is 3.36. The standard InChI is InChI=1S/C16H19FN2O3/c1-10-8-12(17)5-6-13(10)19-16(21)18-11(2)9-14(20)15-4-3-7-22-15/h3-8,11,14,20H,9H2,1-2H3,(H2,18,19,21). The number of furan rings is 1. The van der Waals surface area contributed by atoms with Crippen LogP contribution < -0.4 is 10.6 Å². The highest BCUT2D eigenvalue weighted by molar-refractivity contribution is 5.90. The predicted molar refractivity (Wildman–Crippen MR) is 81.0 cm³/mol. The molecule has 0 saturated heterocycles. The quantitative estimate of drug-likeness (QED) is 0.793. The number of rotatable bonds is 5. The molecule has 0 aliphatic heterocycles. The zero-order valence-corrected chi connectivity index (χ0v) is 12.5. The third kappa shape index (κ3) is 4.33. The molecular weight excluding hydrogens is 287 g/mol. The van der Waals surface area contributed by atoms with E-state index in [1.165, 1.54) is 24.5 Å². The van der Waals surface area contributed by atoms with Gasteiger partial charge in [-0.2, -0.15) is 0 Å². The van der Waals surface area contributed by atoms with Gasteiger partial charge in [0.25, 0.3) is 0 Å². The van der Waals surface area contributed by atoms with E-state index in [0.717, 1.165) is 0 Å². The Hall–Kier alpha value is -2.34. The molecule has 22 heavy (non-hydrogen) atoms. The lowest BCUT2D eigenvalue weighted by atomic mass is 10.1. The molecule has 2 atom stereocenters. The summed E-state index contributed by atoms with van der Waals surface area (Å²) in [6.45, 7) is 3.49. The van der Waals surface area contributed by atoms with Gasteiger partial charge in [0.05, 0.1) is 6.26 Å². The number of aryl methyl sites for hydroxylation is 1. The van der Waals surface area contributed by atoms with E-state index in [1.807, 2.05) is 0 Å². The summed E-state index contributed by atoms with van der Waals surface area (Å²) in [5, 5.41) is 15.3. The molecule has 0 fully saturated rings. The van der Waals surface area contributed by atoms with Crippen molar-refractivity contribution in [1.82, 2.24) is 5.32 Å². The monoisotopic (exact) mass is 306 g/mol. The lowest BCUT2D eigenvalue weighted by molar-refractivity contribution is 0.130. The van der Waals surface area contributed by atoms with E-state index in [9.17, 15) is 14.3 Å². The molecule has 0 spiro atoms. The van der Waals surface area contributed by atoms with Crippen LogP contribution in [0.4, 0.5) is 14.9 Å². The Labute approximate surface area is 128 Å². The number of aliphatic hydroxyl groups excluding tert-OH is 1. The van der Waals surface area contributed by atoms with E-state index in [1.54, 1.807) is 26.0 Å². The first-order chi connectivity index (χ1) is 10.5. The fraction of sp³-hybridized carbons (Fsp3) is 0.312. The number of anilines is 1. The topological polar surface area (TPSA) is 74.5 Å². The van der Waals surface area contributed by atoms with Crippen LogP contribution >= 0.6 is 0 Å². The molecule has 2 aromatic rings. The van der Waals surface area contributed by atoms with Crippen molar-refractivity contribution in [3.63, 3.8) is 0 Å². The number of carbonyl (C=O) groups excluding carboxylic acids is 1. The summed E-state index contributed by atoms with van der Waals surface area (Å²) in [5.74, 6) is 0.113. The number of nitrogens with one attached hydrogen (secondary N) is 2. The molecule has 2 unspecified atom stereocenters. The number of hydrogen-bond acceptors (Lipinski definition) is 3. The van der Waals surface area contributed by atoms with Crippen molar-refractivity contribution in [2.24, 2.45) is 0 Å². The Kier molecular flexibility index (Phi) is 5.16. The van der Waals surface area contributed by atoms with Gasteiger partial charge in [-0.15, -0.1) is 0 Å². The Bertz CT molecular complexity index is 628. The number of benzene rings is 1. The van der Waals surface area contributed by atoms with Gasteiger partial charge in [-0.05, 0) is 49.7 Å². The SMILES string of the molecule is Cc1cc(F)ccc1NC(=O)NC(C)CC(O)c1ccco1. The van der Waals surface area contributed by atoms with Crippen molar-refractivity contribution in [3.8, 4) is 0 Å². The highest BCUT2D eigenvalue weighted by atomic mass is 19.1. The van der Waals surface area contributed by atoms with Crippen LogP contribution in [0.25, 0.3) is 0 Å². The second kappa shape index (κ2) is 7.09. The lowest BCUT2D eigenvalue weighted by Gasteiger charge is -2.17. The van der Waals surface area contributed by atoms with Crippen LogP contribution in [0.1, 0.15) is 30.8 Å². The highest BCUT2D eigenvalue weighted by Crippen LogP contribution is 2.19. The molecule has 2 rings (SSSR count). The Morgan fingerprint density at radius 3 is 2.82 bits per heavy atom. The van der Waals surface area contributed by atoms with Crippen LogP contribution in [-0.4, -0.2) is 17.2 Å². The van der Waals surface area contributed by atoms with Gasteiger partial charge in [-0.1, -0.05) is 0 Å². The molecule has 0 aliphatic rings. The molecule has 1 aromatic heterocycles. The number of hydrogen-bond donors (Lipinski definition) is 3. The Morgan fingerprint density at radius 2 is 2.18 bits per heavy atom. The summed E-state index contributed by atoms with van der Waals surface area (Å²) >= 11 is 0.